The highest BCUT2D eigenvalue weighted by Crippen LogP contribution is 2.67. The Balaban J connectivity index is 0.000000258. The first kappa shape index (κ1) is 57.9. The van der Waals surface area contributed by atoms with Gasteiger partial charge in [0.25, 0.3) is 0 Å². The lowest BCUT2D eigenvalue weighted by molar-refractivity contribution is -0.196. The Morgan fingerprint density at radius 1 is 0.606 bits per heavy atom. The largest absolute Gasteiger partial charge is 0.508 e. The molecule has 2 fully saturated rings. The molecule has 0 saturated heterocycles. The molecular weight excluding hydrogens is 969 g/mol. The van der Waals surface area contributed by atoms with Crippen LogP contribution in [0.25, 0.3) is 0 Å². The summed E-state index contributed by atoms with van der Waals surface area (Å²) in [5.74, 6) is -4.43. The summed E-state index contributed by atoms with van der Waals surface area (Å²) in [5, 5.41) is 30.1. The monoisotopic (exact) mass is 1020 g/mol. The summed E-state index contributed by atoms with van der Waals surface area (Å²) < 4.78 is 157. The average molecular weight is 1020 g/mol. The molecule has 0 radical (unpaired) electrons. The molecule has 4 atom stereocenters. The Kier molecular flexibility index (Phi) is 19.0. The third-order valence-corrected chi connectivity index (χ3v) is 12.8. The zero-order valence-corrected chi connectivity index (χ0v) is 39.0. The number of hydrogen-bond acceptors (Lipinski definition) is 9. The fraction of sp³-hybridized carbons (Fsp3) is 0.500. The van der Waals surface area contributed by atoms with E-state index in [0.717, 1.165) is 30.3 Å². The third-order valence-electron chi connectivity index (χ3n) is 12.8. The van der Waals surface area contributed by atoms with Crippen molar-refractivity contribution in [2.24, 2.45) is 16.6 Å². The second kappa shape index (κ2) is 23.2. The zero-order valence-electron chi connectivity index (χ0n) is 39.0. The van der Waals surface area contributed by atoms with E-state index in [1.165, 1.54) is 17.7 Å². The molecule has 71 heavy (non-hydrogen) atoms. The minimum atomic E-state index is -4.72. The van der Waals surface area contributed by atoms with Crippen LogP contribution in [0.5, 0.6) is 11.5 Å². The number of amides is 1. The predicted molar refractivity (Wildman–Crippen MR) is 237 cm³/mol. The number of carboxylic acids is 1. The predicted octanol–water partition coefficient (Wildman–Crippen LogP) is 9.74. The maximum absolute atomic E-state index is 13.9. The Bertz CT molecular complexity index is 2320. The molecule has 4 aromatic rings. The number of benzene rings is 2. The van der Waals surface area contributed by atoms with E-state index in [2.05, 4.69) is 20.2 Å². The number of phenols is 2. The van der Waals surface area contributed by atoms with Crippen molar-refractivity contribution in [2.45, 2.75) is 100.0 Å². The molecule has 2 aliphatic rings. The number of rotatable bonds is 17. The zero-order chi connectivity index (χ0) is 53.3. The number of halogens is 12. The second-order valence-corrected chi connectivity index (χ2v) is 18.2. The van der Waals surface area contributed by atoms with Gasteiger partial charge in [-0.2, -0.15) is 52.7 Å². The van der Waals surface area contributed by atoms with Gasteiger partial charge in [-0.1, -0.05) is 36.4 Å². The van der Waals surface area contributed by atoms with Crippen LogP contribution in [0.3, 0.4) is 0 Å². The van der Waals surface area contributed by atoms with Crippen molar-refractivity contribution in [1.82, 2.24) is 25.1 Å². The summed E-state index contributed by atoms with van der Waals surface area (Å²) in [6.07, 6.45) is -17.9. The Morgan fingerprint density at radius 3 is 1.25 bits per heavy atom. The van der Waals surface area contributed by atoms with Crippen LogP contribution < -0.4 is 11.1 Å². The number of nitrogens with two attached hydrogens (primary N) is 1. The molecule has 2 unspecified atom stereocenters. The smallest absolute Gasteiger partial charge is 0.433 e. The van der Waals surface area contributed by atoms with Gasteiger partial charge in [-0.15, -0.1) is 0 Å². The van der Waals surface area contributed by atoms with E-state index in [9.17, 15) is 67.4 Å². The summed E-state index contributed by atoms with van der Waals surface area (Å²) in [6, 6.07) is 17.1. The van der Waals surface area contributed by atoms with E-state index >= 15 is 0 Å². The number of aliphatic carboxylic acids is 1. The summed E-state index contributed by atoms with van der Waals surface area (Å²) in [6.45, 7) is 0.803. The minimum absolute atomic E-state index is 0.0452. The van der Waals surface area contributed by atoms with Crippen LogP contribution in [0.4, 0.5) is 52.7 Å². The van der Waals surface area contributed by atoms with Crippen molar-refractivity contribution in [3.05, 3.63) is 119 Å². The first-order chi connectivity index (χ1) is 32.8. The van der Waals surface area contributed by atoms with Crippen LogP contribution in [0, 0.1) is 10.8 Å². The molecule has 2 saturated carbocycles. The van der Waals surface area contributed by atoms with Crippen LogP contribution in [0.2, 0.25) is 0 Å². The highest BCUT2D eigenvalue weighted by atomic mass is 19.4. The van der Waals surface area contributed by atoms with Gasteiger partial charge in [-0.25, -0.2) is 0 Å². The minimum Gasteiger partial charge on any atom is -0.508 e. The number of likely N-dealkylation sites (N-methyl/N-ethyl adjacent to an activating group) is 2. The fourth-order valence-electron chi connectivity index (χ4n) is 8.14. The van der Waals surface area contributed by atoms with E-state index in [1.807, 2.05) is 31.1 Å². The third kappa shape index (κ3) is 15.9. The van der Waals surface area contributed by atoms with Gasteiger partial charge in [0.2, 0.25) is 5.91 Å². The number of aromatic nitrogens is 2. The normalized spacial score (nSPS) is 16.9. The van der Waals surface area contributed by atoms with Crippen molar-refractivity contribution in [3.8, 4) is 11.5 Å². The SMILES string of the molecule is CN(C)[C@H](CN)Cc1ccc(O)cc1.CN(C)[C@H](CNC(=O)CC(c1ccc(C(F)(F)F)nc1)C1(C(F)(F)F)CC1)Cc1ccc(O)cc1.O=C(O)CC(c1ccc(C(F)(F)F)nc1)C1(C(F)(F)F)CC1. The highest BCUT2D eigenvalue weighted by Gasteiger charge is 2.68. The molecule has 0 bridgehead atoms. The number of nitrogens with one attached hydrogen (secondary N) is 1. The molecule has 2 aromatic heterocycles. The quantitative estimate of drug-likeness (QED) is 0.0644. The molecule has 392 valence electrons. The van der Waals surface area contributed by atoms with E-state index in [0.29, 0.717) is 43.1 Å². The van der Waals surface area contributed by atoms with Crippen molar-refractivity contribution in [1.29, 1.82) is 0 Å². The van der Waals surface area contributed by atoms with Gasteiger partial charge < -0.3 is 36.2 Å². The van der Waals surface area contributed by atoms with Crippen LogP contribution in [-0.4, -0.2) is 113 Å². The Labute approximate surface area is 402 Å². The number of carbonyl (C=O) groups excluding carboxylic acids is 1. The number of pyridine rings is 2. The molecule has 11 nitrogen and oxygen atoms in total. The first-order valence-electron chi connectivity index (χ1n) is 22.1. The maximum atomic E-state index is 13.9. The Hall–Kier alpha value is -5.68. The van der Waals surface area contributed by atoms with Crippen LogP contribution in [0.1, 0.15) is 84.0 Å². The topological polar surface area (TPSA) is 165 Å². The van der Waals surface area contributed by atoms with Crippen molar-refractivity contribution in [2.75, 3.05) is 41.3 Å². The van der Waals surface area contributed by atoms with E-state index in [4.69, 9.17) is 15.9 Å². The lowest BCUT2D eigenvalue weighted by atomic mass is 9.80. The van der Waals surface area contributed by atoms with E-state index < -0.39 is 83.5 Å². The van der Waals surface area contributed by atoms with Gasteiger partial charge in [-0.05, 0) is 125 Å². The van der Waals surface area contributed by atoms with Crippen molar-refractivity contribution >= 4 is 11.9 Å². The number of alkyl halides is 12. The molecule has 1 amide bonds. The lowest BCUT2D eigenvalue weighted by Crippen LogP contribution is -2.42. The van der Waals surface area contributed by atoms with E-state index in [1.54, 1.807) is 38.4 Å². The molecular formula is C48H56F12N6O5. The summed E-state index contributed by atoms with van der Waals surface area (Å²) in [5.41, 5.74) is 0.789. The second-order valence-electron chi connectivity index (χ2n) is 18.2. The number of phenolic OH excluding ortho intramolecular Hbond substituents is 2. The summed E-state index contributed by atoms with van der Waals surface area (Å²) in [4.78, 5) is 34.0. The molecule has 0 spiro atoms. The van der Waals surface area contributed by atoms with Crippen LogP contribution >= 0.6 is 0 Å². The van der Waals surface area contributed by atoms with Crippen LogP contribution in [0.15, 0.2) is 85.2 Å². The number of hydrogen-bond donors (Lipinski definition) is 5. The summed E-state index contributed by atoms with van der Waals surface area (Å²) >= 11 is 0. The van der Waals surface area contributed by atoms with Crippen LogP contribution in [-0.2, 0) is 34.8 Å². The number of carbonyl (C=O) groups is 2. The Morgan fingerprint density at radius 2 is 0.972 bits per heavy atom. The van der Waals surface area contributed by atoms with Crippen molar-refractivity contribution < 1.29 is 77.6 Å². The number of carboxylic acid groups (broad SMARTS) is 1. The molecule has 6 N–H and O–H groups in total. The fourth-order valence-corrected chi connectivity index (χ4v) is 8.14. The van der Waals surface area contributed by atoms with Crippen molar-refractivity contribution in [3.63, 3.8) is 0 Å². The average Bonchev–Trinajstić information content (AvgIpc) is 4.22. The molecule has 2 aliphatic carbocycles. The van der Waals surface area contributed by atoms with Gasteiger partial charge in [-0.3, -0.25) is 19.6 Å². The van der Waals surface area contributed by atoms with Gasteiger partial charge in [0.1, 0.15) is 22.9 Å². The van der Waals surface area contributed by atoms with Gasteiger partial charge >= 0.3 is 30.7 Å². The lowest BCUT2D eigenvalue weighted by Gasteiger charge is -2.30. The molecule has 6 rings (SSSR count). The molecule has 2 heterocycles. The molecule has 0 aliphatic heterocycles. The summed E-state index contributed by atoms with van der Waals surface area (Å²) in [7, 11) is 7.66. The molecule has 2 aromatic carbocycles. The van der Waals surface area contributed by atoms with Gasteiger partial charge in [0.05, 0.1) is 17.3 Å². The first-order valence-corrected chi connectivity index (χ1v) is 22.1. The van der Waals surface area contributed by atoms with Gasteiger partial charge in [0.15, 0.2) is 0 Å². The molecule has 23 heteroatoms. The number of nitrogens with zero attached hydrogens (tertiary/aromatic N) is 4. The maximum Gasteiger partial charge on any atom is 0.433 e. The standard InChI is InChI=1S/C24H27F6N3O2.C13H11F6NO2.C11H18N2O/c1-33(2)17(11-15-3-6-18(34)7-4-15)14-32-21(35)12-19(22(9-10-22)24(28,29)30)16-5-8-20(31-13-16)23(25,26)27;14-12(15,16)9-2-1-7(6-20-9)8(5-10(21)22)11(3-4-11)13(17,18)19;1-13(2)10(8-12)7-9-3-5-11(14)6-4-9/h3-8,13,17,19,34H,9-12,14H2,1-2H3,(H,32,35);1-2,6,8H,3-5H2,(H,21,22);3-6,10,14H,7-8,12H2,1-2H3/t17-,19?;;10-/m0.0/s1. The van der Waals surface area contributed by atoms with E-state index in [-0.39, 0.29) is 55.1 Å². The highest BCUT2D eigenvalue weighted by molar-refractivity contribution is 5.77. The number of aromatic hydroxyl groups is 2. The van der Waals surface area contributed by atoms with Gasteiger partial charge in [0, 0.05) is 55.8 Å².